The molecule has 0 aromatic carbocycles. The second kappa shape index (κ2) is 12.9. The Balaban J connectivity index is 2.44. The van der Waals surface area contributed by atoms with Crippen LogP contribution in [-0.2, 0) is 28.6 Å². The van der Waals surface area contributed by atoms with Crippen molar-refractivity contribution in [1.82, 2.24) is 4.90 Å². The Bertz CT molecular complexity index is 840. The van der Waals surface area contributed by atoms with Crippen LogP contribution in [-0.4, -0.2) is 89.1 Å². The molecule has 0 aliphatic carbocycles. The van der Waals surface area contributed by atoms with Gasteiger partial charge in [-0.15, -0.1) is 0 Å². The van der Waals surface area contributed by atoms with Crippen LogP contribution in [0.2, 0.25) is 0 Å². The quantitative estimate of drug-likeness (QED) is 0.421. The fourth-order valence-corrected chi connectivity index (χ4v) is 5.42. The van der Waals surface area contributed by atoms with Gasteiger partial charge in [0.05, 0.1) is 12.2 Å². The lowest BCUT2D eigenvalue weighted by molar-refractivity contribution is -0.278. The van der Waals surface area contributed by atoms with E-state index in [9.17, 15) is 24.6 Å². The predicted molar refractivity (Wildman–Crippen MR) is 139 cm³/mol. The van der Waals surface area contributed by atoms with Crippen molar-refractivity contribution in [1.29, 1.82) is 0 Å². The van der Waals surface area contributed by atoms with E-state index in [0.717, 1.165) is 0 Å². The van der Waals surface area contributed by atoms with Crippen LogP contribution in [0.1, 0.15) is 67.7 Å². The highest BCUT2D eigenvalue weighted by Gasteiger charge is 2.44. The molecule has 9 nitrogen and oxygen atoms in total. The van der Waals surface area contributed by atoms with Crippen LogP contribution < -0.4 is 0 Å². The first-order valence-corrected chi connectivity index (χ1v) is 13.5. The van der Waals surface area contributed by atoms with Crippen molar-refractivity contribution in [2.24, 2.45) is 23.7 Å². The van der Waals surface area contributed by atoms with Gasteiger partial charge < -0.3 is 29.3 Å². The molecule has 0 aromatic rings. The summed E-state index contributed by atoms with van der Waals surface area (Å²) in [4.78, 5) is 41.3. The molecule has 2 aliphatic heterocycles. The van der Waals surface area contributed by atoms with Gasteiger partial charge in [0.2, 0.25) is 0 Å². The smallest absolute Gasteiger partial charge is 0.316 e. The first-order chi connectivity index (χ1) is 17.1. The number of likely N-dealkylation sites (N-methyl/N-ethyl adjacent to an activating group) is 1. The van der Waals surface area contributed by atoms with Crippen molar-refractivity contribution in [3.05, 3.63) is 12.2 Å². The van der Waals surface area contributed by atoms with Gasteiger partial charge in [0, 0.05) is 17.9 Å². The average molecular weight is 526 g/mol. The van der Waals surface area contributed by atoms with Crippen molar-refractivity contribution in [2.45, 2.75) is 110 Å². The van der Waals surface area contributed by atoms with E-state index >= 15 is 0 Å². The van der Waals surface area contributed by atoms with Gasteiger partial charge in [-0.25, -0.2) is 0 Å². The Labute approximate surface area is 221 Å². The summed E-state index contributed by atoms with van der Waals surface area (Å²) >= 11 is 0. The number of rotatable bonds is 4. The van der Waals surface area contributed by atoms with Crippen LogP contribution in [0.25, 0.3) is 0 Å². The molecule has 2 heterocycles. The molecule has 9 heteroatoms. The van der Waals surface area contributed by atoms with Gasteiger partial charge in [-0.05, 0) is 72.2 Å². The van der Waals surface area contributed by atoms with Gasteiger partial charge >= 0.3 is 5.97 Å². The maximum absolute atomic E-state index is 13.5. The third-order valence-corrected chi connectivity index (χ3v) is 7.93. The third kappa shape index (κ3) is 7.69. The molecule has 0 amide bonds. The summed E-state index contributed by atoms with van der Waals surface area (Å²) in [7, 11) is 3.77. The van der Waals surface area contributed by atoms with Crippen molar-refractivity contribution >= 4 is 17.5 Å². The molecule has 0 saturated carbocycles. The lowest BCUT2D eigenvalue weighted by Gasteiger charge is -2.43. The Morgan fingerprint density at radius 2 is 1.73 bits per heavy atom. The predicted octanol–water partition coefficient (Wildman–Crippen LogP) is 2.51. The van der Waals surface area contributed by atoms with E-state index in [1.807, 2.05) is 32.8 Å². The van der Waals surface area contributed by atoms with Crippen LogP contribution in [0, 0.1) is 23.7 Å². The summed E-state index contributed by atoms with van der Waals surface area (Å²) < 4.78 is 17.9. The molecule has 10 unspecified atom stereocenters. The minimum Gasteiger partial charge on any atom is -0.458 e. The first kappa shape index (κ1) is 31.6. The Kier molecular flexibility index (Phi) is 11.0. The second-order valence-electron chi connectivity index (χ2n) is 11.5. The average Bonchev–Trinajstić information content (AvgIpc) is 2.83. The Morgan fingerprint density at radius 3 is 2.30 bits per heavy atom. The van der Waals surface area contributed by atoms with Gasteiger partial charge in [0.15, 0.2) is 17.9 Å². The maximum Gasteiger partial charge on any atom is 0.316 e. The van der Waals surface area contributed by atoms with Crippen LogP contribution >= 0.6 is 0 Å². The zero-order valence-corrected chi connectivity index (χ0v) is 23.8. The Hall–Kier alpha value is -1.65. The molecule has 11 atom stereocenters. The number of allylic oxidation sites excluding steroid dienone is 1. The van der Waals surface area contributed by atoms with Crippen LogP contribution in [0.15, 0.2) is 12.2 Å². The minimum atomic E-state index is -1.57. The molecule has 1 fully saturated rings. The number of Topliss-reactive ketones (excluding diaryl/α,β-unsaturated/α-hetero) is 1. The zero-order valence-electron chi connectivity index (χ0n) is 23.8. The minimum absolute atomic E-state index is 0.168. The third-order valence-electron chi connectivity index (χ3n) is 7.93. The van der Waals surface area contributed by atoms with E-state index in [0.29, 0.717) is 19.3 Å². The molecule has 2 aliphatic rings. The largest absolute Gasteiger partial charge is 0.458 e. The molecular weight excluding hydrogens is 478 g/mol. The standard InChI is InChI=1S/C28H47NO8/c1-10-22-28(7,34)12-11-21(30)15(2)13-16(3)25(18(5)23(31)19(6)26(33)36-22)37-27-24(32)20(29(8)9)14-17(4)35-27/h11-12,15-20,22,24-25,27,32,34H,10,13-14H2,1-9H3/t15?,16?,17?,18?,19?,20?,22?,24?,25?,27?,28-/m0/s1. The van der Waals surface area contributed by atoms with E-state index in [1.165, 1.54) is 26.0 Å². The van der Waals surface area contributed by atoms with Gasteiger partial charge in [-0.1, -0.05) is 27.7 Å². The topological polar surface area (TPSA) is 123 Å². The van der Waals surface area contributed by atoms with Gasteiger partial charge in [-0.3, -0.25) is 14.4 Å². The lowest BCUT2D eigenvalue weighted by atomic mass is 9.80. The summed E-state index contributed by atoms with van der Waals surface area (Å²) in [5, 5.41) is 21.9. The number of ether oxygens (including phenoxy) is 3. The number of carbonyl (C=O) groups is 3. The van der Waals surface area contributed by atoms with Crippen LogP contribution in [0.4, 0.5) is 0 Å². The number of hydrogen-bond acceptors (Lipinski definition) is 9. The van der Waals surface area contributed by atoms with Crippen molar-refractivity contribution in [3.63, 3.8) is 0 Å². The summed E-state index contributed by atoms with van der Waals surface area (Å²) in [6.45, 7) is 12.0. The summed E-state index contributed by atoms with van der Waals surface area (Å²) in [6, 6.07) is -0.188. The number of aliphatic hydroxyl groups is 2. The van der Waals surface area contributed by atoms with E-state index in [2.05, 4.69) is 0 Å². The fraction of sp³-hybridized carbons (Fsp3) is 0.821. The number of esters is 1. The molecule has 212 valence electrons. The molecule has 2 N–H and O–H groups in total. The molecule has 0 bridgehead atoms. The molecule has 0 radical (unpaired) electrons. The SMILES string of the molecule is CCC1OC(=O)C(C)C(=O)C(C)C(OC2OC(C)CC(N(C)C)C2O)C(C)CC(C)C(=O)C=C[C@]1(C)O. The number of cyclic esters (lactones) is 1. The highest BCUT2D eigenvalue weighted by atomic mass is 16.7. The number of aliphatic hydroxyl groups excluding tert-OH is 1. The van der Waals surface area contributed by atoms with Gasteiger partial charge in [-0.2, -0.15) is 0 Å². The maximum atomic E-state index is 13.5. The second-order valence-corrected chi connectivity index (χ2v) is 11.5. The van der Waals surface area contributed by atoms with Gasteiger partial charge in [0.1, 0.15) is 23.7 Å². The summed E-state index contributed by atoms with van der Waals surface area (Å²) in [6.07, 6.45) is 0.318. The zero-order chi connectivity index (χ0) is 28.2. The van der Waals surface area contributed by atoms with E-state index in [4.69, 9.17) is 14.2 Å². The number of carbonyl (C=O) groups excluding carboxylic acids is 3. The lowest BCUT2D eigenvalue weighted by Crippen LogP contribution is -2.56. The van der Waals surface area contributed by atoms with Crippen LogP contribution in [0.3, 0.4) is 0 Å². The highest BCUT2D eigenvalue weighted by Crippen LogP contribution is 2.32. The normalized spacial score (nSPS) is 43.0. The molecule has 1 saturated heterocycles. The monoisotopic (exact) mass is 525 g/mol. The molecule has 37 heavy (non-hydrogen) atoms. The summed E-state index contributed by atoms with van der Waals surface area (Å²) in [5.41, 5.74) is -1.57. The highest BCUT2D eigenvalue weighted by molar-refractivity contribution is 6.00. The van der Waals surface area contributed by atoms with Crippen molar-refractivity contribution < 1.29 is 38.8 Å². The molecule has 0 aromatic heterocycles. The number of ketones is 2. The molecule has 0 spiro atoms. The van der Waals surface area contributed by atoms with E-state index in [1.54, 1.807) is 20.8 Å². The van der Waals surface area contributed by atoms with Crippen molar-refractivity contribution in [3.8, 4) is 0 Å². The Morgan fingerprint density at radius 1 is 1.11 bits per heavy atom. The summed E-state index contributed by atoms with van der Waals surface area (Å²) in [5.74, 6) is -3.83. The van der Waals surface area contributed by atoms with Gasteiger partial charge in [0.25, 0.3) is 0 Å². The molecule has 2 rings (SSSR count). The van der Waals surface area contributed by atoms with Crippen LogP contribution in [0.5, 0.6) is 0 Å². The number of hydrogen-bond donors (Lipinski definition) is 2. The van der Waals surface area contributed by atoms with Crippen molar-refractivity contribution in [2.75, 3.05) is 14.1 Å². The van der Waals surface area contributed by atoms with E-state index < -0.39 is 53.9 Å². The first-order valence-electron chi connectivity index (χ1n) is 13.5. The number of nitrogens with zero attached hydrogens (tertiary/aromatic N) is 1. The molecular formula is C28H47NO8. The fourth-order valence-electron chi connectivity index (χ4n) is 5.42. The van der Waals surface area contributed by atoms with E-state index in [-0.39, 0.29) is 29.6 Å².